The highest BCUT2D eigenvalue weighted by atomic mass is 16.5. The van der Waals surface area contributed by atoms with Gasteiger partial charge < -0.3 is 14.8 Å². The van der Waals surface area contributed by atoms with Gasteiger partial charge in [0.1, 0.15) is 0 Å². The van der Waals surface area contributed by atoms with Crippen molar-refractivity contribution in [1.29, 1.82) is 0 Å². The molecular formula is C24H25N3O3. The van der Waals surface area contributed by atoms with Crippen LogP contribution in [-0.2, 0) is 4.79 Å². The van der Waals surface area contributed by atoms with Gasteiger partial charge in [0.05, 0.1) is 19.0 Å². The lowest BCUT2D eigenvalue weighted by molar-refractivity contribution is -0.118. The summed E-state index contributed by atoms with van der Waals surface area (Å²) in [6.07, 6.45) is 1.70. The van der Waals surface area contributed by atoms with Crippen molar-refractivity contribution in [3.05, 3.63) is 83.4 Å². The highest BCUT2D eigenvalue weighted by Crippen LogP contribution is 2.27. The third-order valence-electron chi connectivity index (χ3n) is 4.52. The number of hydrazone groups is 1. The van der Waals surface area contributed by atoms with Gasteiger partial charge in [0.2, 0.25) is 0 Å². The standard InChI is InChI=1S/C24H25N3O3/c1-17-9-11-21(13-18(17)2)27-25-15-19-10-12-22(23(14-19)29-3)30-16-24(28)26-20-7-5-4-6-8-20/h4-15,27H,16H2,1-3H3,(H,26,28). The molecule has 0 saturated carbocycles. The Morgan fingerprint density at radius 1 is 0.933 bits per heavy atom. The zero-order valence-corrected chi connectivity index (χ0v) is 17.3. The Labute approximate surface area is 176 Å². The summed E-state index contributed by atoms with van der Waals surface area (Å²) in [5.41, 5.74) is 7.94. The molecule has 0 saturated heterocycles. The first-order valence-corrected chi connectivity index (χ1v) is 9.57. The molecule has 2 N–H and O–H groups in total. The van der Waals surface area contributed by atoms with Crippen LogP contribution < -0.4 is 20.2 Å². The molecule has 0 aromatic heterocycles. The molecule has 3 aromatic rings. The Morgan fingerprint density at radius 2 is 1.73 bits per heavy atom. The van der Waals surface area contributed by atoms with Crippen molar-refractivity contribution in [3.8, 4) is 11.5 Å². The maximum Gasteiger partial charge on any atom is 0.262 e. The SMILES string of the molecule is COc1cc(C=NNc2ccc(C)c(C)c2)ccc1OCC(=O)Nc1ccccc1. The first kappa shape index (κ1) is 20.9. The van der Waals surface area contributed by atoms with Crippen LogP contribution in [0.5, 0.6) is 11.5 Å². The van der Waals surface area contributed by atoms with E-state index in [1.54, 1.807) is 25.5 Å². The Balaban J connectivity index is 1.58. The second-order valence-electron chi connectivity index (χ2n) is 6.78. The second-order valence-corrected chi connectivity index (χ2v) is 6.78. The highest BCUT2D eigenvalue weighted by molar-refractivity contribution is 5.91. The zero-order valence-electron chi connectivity index (χ0n) is 17.3. The third kappa shape index (κ3) is 5.85. The number of nitrogens with zero attached hydrogens (tertiary/aromatic N) is 1. The molecule has 3 aromatic carbocycles. The van der Waals surface area contributed by atoms with Gasteiger partial charge in [0.25, 0.3) is 5.91 Å². The van der Waals surface area contributed by atoms with E-state index in [-0.39, 0.29) is 12.5 Å². The van der Waals surface area contributed by atoms with E-state index in [9.17, 15) is 4.79 Å². The summed E-state index contributed by atoms with van der Waals surface area (Å²) in [7, 11) is 1.56. The van der Waals surface area contributed by atoms with E-state index in [0.29, 0.717) is 11.5 Å². The smallest absolute Gasteiger partial charge is 0.262 e. The molecule has 3 rings (SSSR count). The maximum atomic E-state index is 12.1. The van der Waals surface area contributed by atoms with Gasteiger partial charge in [-0.3, -0.25) is 10.2 Å². The van der Waals surface area contributed by atoms with E-state index in [4.69, 9.17) is 9.47 Å². The highest BCUT2D eigenvalue weighted by Gasteiger charge is 2.08. The second kappa shape index (κ2) is 10.1. The number of anilines is 2. The number of hydrogen-bond acceptors (Lipinski definition) is 5. The number of carbonyl (C=O) groups is 1. The Hall–Kier alpha value is -3.80. The van der Waals surface area contributed by atoms with E-state index in [1.165, 1.54) is 11.1 Å². The normalized spacial score (nSPS) is 10.6. The van der Waals surface area contributed by atoms with E-state index in [2.05, 4.69) is 35.8 Å². The summed E-state index contributed by atoms with van der Waals surface area (Å²) in [6, 6.07) is 20.7. The van der Waals surface area contributed by atoms with Crippen molar-refractivity contribution in [2.24, 2.45) is 5.10 Å². The summed E-state index contributed by atoms with van der Waals surface area (Å²) in [5.74, 6) is 0.768. The third-order valence-corrected chi connectivity index (χ3v) is 4.52. The lowest BCUT2D eigenvalue weighted by atomic mass is 10.1. The maximum absolute atomic E-state index is 12.1. The number of para-hydroxylation sites is 1. The van der Waals surface area contributed by atoms with Gasteiger partial charge in [-0.15, -0.1) is 0 Å². The van der Waals surface area contributed by atoms with Crippen LogP contribution in [0.15, 0.2) is 71.8 Å². The number of ether oxygens (including phenoxy) is 2. The van der Waals surface area contributed by atoms with Gasteiger partial charge in [-0.2, -0.15) is 5.10 Å². The van der Waals surface area contributed by atoms with Gasteiger partial charge >= 0.3 is 0 Å². The molecule has 154 valence electrons. The number of hydrogen-bond donors (Lipinski definition) is 2. The monoisotopic (exact) mass is 403 g/mol. The number of carbonyl (C=O) groups excluding carboxylic acids is 1. The van der Waals surface area contributed by atoms with Crippen LogP contribution in [-0.4, -0.2) is 25.8 Å². The van der Waals surface area contributed by atoms with E-state index >= 15 is 0 Å². The first-order valence-electron chi connectivity index (χ1n) is 9.57. The molecule has 0 bridgehead atoms. The van der Waals surface area contributed by atoms with E-state index in [0.717, 1.165) is 16.9 Å². The lowest BCUT2D eigenvalue weighted by Crippen LogP contribution is -2.20. The van der Waals surface area contributed by atoms with Crippen LogP contribution in [0.3, 0.4) is 0 Å². The molecule has 6 heteroatoms. The molecule has 1 amide bonds. The minimum Gasteiger partial charge on any atom is -0.493 e. The minimum atomic E-state index is -0.244. The van der Waals surface area contributed by atoms with Crippen LogP contribution in [0.2, 0.25) is 0 Å². The molecule has 0 radical (unpaired) electrons. The molecule has 0 aliphatic carbocycles. The number of amides is 1. The quantitative estimate of drug-likeness (QED) is 0.420. The summed E-state index contributed by atoms with van der Waals surface area (Å²) in [5, 5.41) is 7.05. The van der Waals surface area contributed by atoms with Crippen LogP contribution in [0.4, 0.5) is 11.4 Å². The lowest BCUT2D eigenvalue weighted by Gasteiger charge is -2.11. The van der Waals surface area contributed by atoms with Crippen molar-refractivity contribution in [1.82, 2.24) is 0 Å². The molecule has 0 fully saturated rings. The minimum absolute atomic E-state index is 0.118. The van der Waals surface area contributed by atoms with Crippen molar-refractivity contribution < 1.29 is 14.3 Å². The summed E-state index contributed by atoms with van der Waals surface area (Å²) >= 11 is 0. The molecule has 0 unspecified atom stereocenters. The number of benzene rings is 3. The zero-order chi connectivity index (χ0) is 21.3. The predicted octanol–water partition coefficient (Wildman–Crippen LogP) is 4.78. The van der Waals surface area contributed by atoms with Gasteiger partial charge in [-0.25, -0.2) is 0 Å². The fraction of sp³-hybridized carbons (Fsp3) is 0.167. The topological polar surface area (TPSA) is 71.9 Å². The molecule has 0 atom stereocenters. The molecule has 0 aliphatic heterocycles. The number of rotatable bonds is 8. The van der Waals surface area contributed by atoms with Crippen LogP contribution in [0.1, 0.15) is 16.7 Å². The Kier molecular flexibility index (Phi) is 7.05. The van der Waals surface area contributed by atoms with Gasteiger partial charge in [-0.1, -0.05) is 24.3 Å². The van der Waals surface area contributed by atoms with Crippen LogP contribution in [0.25, 0.3) is 0 Å². The molecular weight excluding hydrogens is 378 g/mol. The molecule has 0 spiro atoms. The average molecular weight is 403 g/mol. The van der Waals surface area contributed by atoms with Crippen molar-refractivity contribution >= 4 is 23.5 Å². The summed E-state index contributed by atoms with van der Waals surface area (Å²) in [4.78, 5) is 12.1. The fourth-order valence-corrected chi connectivity index (χ4v) is 2.74. The summed E-state index contributed by atoms with van der Waals surface area (Å²) < 4.78 is 11.0. The van der Waals surface area contributed by atoms with Gasteiger partial charge in [0, 0.05) is 5.69 Å². The van der Waals surface area contributed by atoms with Crippen LogP contribution >= 0.6 is 0 Å². The number of aryl methyl sites for hydroxylation is 2. The largest absolute Gasteiger partial charge is 0.493 e. The number of nitrogens with one attached hydrogen (secondary N) is 2. The van der Waals surface area contributed by atoms with E-state index in [1.807, 2.05) is 48.5 Å². The Bertz CT molecular complexity index is 1030. The van der Waals surface area contributed by atoms with Crippen molar-refractivity contribution in [3.63, 3.8) is 0 Å². The first-order chi connectivity index (χ1) is 14.5. The van der Waals surface area contributed by atoms with Gasteiger partial charge in [0.15, 0.2) is 18.1 Å². The summed E-state index contributed by atoms with van der Waals surface area (Å²) in [6.45, 7) is 4.02. The molecule has 30 heavy (non-hydrogen) atoms. The molecule has 6 nitrogen and oxygen atoms in total. The van der Waals surface area contributed by atoms with Crippen molar-refractivity contribution in [2.75, 3.05) is 24.5 Å². The van der Waals surface area contributed by atoms with E-state index < -0.39 is 0 Å². The number of methoxy groups -OCH3 is 1. The average Bonchev–Trinajstić information content (AvgIpc) is 2.76. The predicted molar refractivity (Wildman–Crippen MR) is 121 cm³/mol. The van der Waals surface area contributed by atoms with Crippen LogP contribution in [0, 0.1) is 13.8 Å². The fourth-order valence-electron chi connectivity index (χ4n) is 2.74. The Morgan fingerprint density at radius 3 is 2.47 bits per heavy atom. The molecule has 0 aliphatic rings. The van der Waals surface area contributed by atoms with Gasteiger partial charge in [-0.05, 0) is 73.0 Å². The molecule has 0 heterocycles. The van der Waals surface area contributed by atoms with Crippen molar-refractivity contribution in [2.45, 2.75) is 13.8 Å².